The summed E-state index contributed by atoms with van der Waals surface area (Å²) in [7, 11) is 0. The van der Waals surface area contributed by atoms with Crippen LogP contribution in [0, 0.1) is 0 Å². The lowest BCUT2D eigenvalue weighted by Crippen LogP contribution is -2.09. The Morgan fingerprint density at radius 1 is 1.00 bits per heavy atom. The highest BCUT2D eigenvalue weighted by molar-refractivity contribution is 6.10. The van der Waals surface area contributed by atoms with E-state index in [1.54, 1.807) is 30.3 Å². The van der Waals surface area contributed by atoms with Gasteiger partial charge in [-0.3, -0.25) is 0 Å². The number of ether oxygens (including phenoxy) is 1. The smallest absolute Gasteiger partial charge is 0.338 e. The molecule has 2 aromatic rings. The van der Waals surface area contributed by atoms with Crippen LogP contribution in [0.25, 0.3) is 10.8 Å². The van der Waals surface area contributed by atoms with Crippen LogP contribution < -0.4 is 0 Å². The highest BCUT2D eigenvalue weighted by atomic mass is 16.5. The Morgan fingerprint density at radius 2 is 1.58 bits per heavy atom. The molecule has 0 aromatic heterocycles. The minimum atomic E-state index is -1.05. The van der Waals surface area contributed by atoms with Crippen LogP contribution in [-0.2, 0) is 4.74 Å². The largest absolute Gasteiger partial charge is 0.478 e. The van der Waals surface area contributed by atoms with E-state index in [1.807, 2.05) is 0 Å². The number of rotatable bonds is 4. The average molecular weight is 260 g/mol. The first-order valence-electron chi connectivity index (χ1n) is 5.68. The molecule has 2 aromatic carbocycles. The zero-order chi connectivity index (χ0) is 13.8. The van der Waals surface area contributed by atoms with Crippen molar-refractivity contribution >= 4 is 22.7 Å². The van der Waals surface area contributed by atoms with Gasteiger partial charge in [-0.1, -0.05) is 24.3 Å². The van der Waals surface area contributed by atoms with Crippen LogP contribution in [0.4, 0.5) is 0 Å². The normalized spacial score (nSPS) is 10.4. The molecule has 0 saturated carbocycles. The fraction of sp³-hybridized carbons (Fsp3) is 0.143. The number of carbonyl (C=O) groups excluding carboxylic acids is 1. The number of hydrogen-bond donors (Lipinski definition) is 2. The fourth-order valence-corrected chi connectivity index (χ4v) is 1.89. The molecule has 0 aliphatic heterocycles. The van der Waals surface area contributed by atoms with Gasteiger partial charge in [0.15, 0.2) is 0 Å². The van der Waals surface area contributed by atoms with E-state index in [1.165, 1.54) is 6.07 Å². The lowest BCUT2D eigenvalue weighted by atomic mass is 10.00. The molecule has 0 atom stereocenters. The number of hydrogen-bond acceptors (Lipinski definition) is 4. The summed E-state index contributed by atoms with van der Waals surface area (Å²) in [6.45, 7) is -0.343. The van der Waals surface area contributed by atoms with Crippen molar-refractivity contribution in [1.82, 2.24) is 0 Å². The number of carboxylic acids is 1. The van der Waals surface area contributed by atoms with Gasteiger partial charge in [0.1, 0.15) is 6.61 Å². The molecule has 0 radical (unpaired) electrons. The first-order valence-corrected chi connectivity index (χ1v) is 5.68. The Balaban J connectivity index is 2.55. The molecule has 0 bridgehead atoms. The maximum absolute atomic E-state index is 11.8. The number of aliphatic hydroxyl groups excluding tert-OH is 1. The van der Waals surface area contributed by atoms with Crippen molar-refractivity contribution in [3.05, 3.63) is 47.5 Å². The minimum absolute atomic E-state index is 0.0894. The van der Waals surface area contributed by atoms with Crippen LogP contribution in [0.1, 0.15) is 20.7 Å². The van der Waals surface area contributed by atoms with E-state index in [-0.39, 0.29) is 24.3 Å². The number of carboxylic acid groups (broad SMARTS) is 1. The van der Waals surface area contributed by atoms with Gasteiger partial charge in [-0.25, -0.2) is 9.59 Å². The van der Waals surface area contributed by atoms with Crippen LogP contribution in [-0.4, -0.2) is 35.4 Å². The van der Waals surface area contributed by atoms with Gasteiger partial charge in [-0.05, 0) is 22.9 Å². The third kappa shape index (κ3) is 2.56. The Morgan fingerprint density at radius 3 is 2.16 bits per heavy atom. The maximum atomic E-state index is 11.8. The maximum Gasteiger partial charge on any atom is 0.338 e. The molecule has 0 amide bonds. The number of aliphatic hydroxyl groups is 1. The van der Waals surface area contributed by atoms with Crippen molar-refractivity contribution in [2.45, 2.75) is 0 Å². The van der Waals surface area contributed by atoms with Crippen LogP contribution in [0.2, 0.25) is 0 Å². The van der Waals surface area contributed by atoms with E-state index in [0.717, 1.165) is 0 Å². The van der Waals surface area contributed by atoms with Gasteiger partial charge in [0.25, 0.3) is 0 Å². The Kier molecular flexibility index (Phi) is 3.77. The SMILES string of the molecule is O=C(O)c1cccc2c(C(=O)OCCO)cccc12. The van der Waals surface area contributed by atoms with E-state index in [0.29, 0.717) is 10.8 Å². The lowest BCUT2D eigenvalue weighted by Gasteiger charge is -2.08. The Hall–Kier alpha value is -2.40. The summed E-state index contributed by atoms with van der Waals surface area (Å²) in [5.41, 5.74) is 0.420. The molecule has 0 saturated heterocycles. The zero-order valence-electron chi connectivity index (χ0n) is 10.00. The molecule has 98 valence electrons. The van der Waals surface area contributed by atoms with Gasteiger partial charge >= 0.3 is 11.9 Å². The molecule has 0 unspecified atom stereocenters. The molecular weight excluding hydrogens is 248 g/mol. The topological polar surface area (TPSA) is 83.8 Å². The molecule has 5 nitrogen and oxygen atoms in total. The lowest BCUT2D eigenvalue weighted by molar-refractivity contribution is 0.0435. The second kappa shape index (κ2) is 5.49. The molecule has 2 N–H and O–H groups in total. The molecule has 0 aliphatic carbocycles. The summed E-state index contributed by atoms with van der Waals surface area (Å²) >= 11 is 0. The van der Waals surface area contributed by atoms with Gasteiger partial charge < -0.3 is 14.9 Å². The summed E-state index contributed by atoms with van der Waals surface area (Å²) in [6, 6.07) is 9.53. The monoisotopic (exact) mass is 260 g/mol. The van der Waals surface area contributed by atoms with Crippen molar-refractivity contribution in [2.75, 3.05) is 13.2 Å². The quantitative estimate of drug-likeness (QED) is 0.817. The highest BCUT2D eigenvalue weighted by Crippen LogP contribution is 2.23. The van der Waals surface area contributed by atoms with Crippen molar-refractivity contribution < 1.29 is 24.5 Å². The Bertz CT molecular complexity index is 633. The predicted molar refractivity (Wildman–Crippen MR) is 68.3 cm³/mol. The number of fused-ring (bicyclic) bond motifs is 1. The summed E-state index contributed by atoms with van der Waals surface area (Å²) in [5.74, 6) is -1.63. The van der Waals surface area contributed by atoms with Crippen molar-refractivity contribution in [1.29, 1.82) is 0 Å². The molecule has 2 rings (SSSR count). The molecule has 5 heteroatoms. The molecule has 0 heterocycles. The second-order valence-corrected chi connectivity index (χ2v) is 3.87. The van der Waals surface area contributed by atoms with E-state index in [4.69, 9.17) is 14.9 Å². The van der Waals surface area contributed by atoms with Crippen molar-refractivity contribution in [3.8, 4) is 0 Å². The van der Waals surface area contributed by atoms with E-state index >= 15 is 0 Å². The van der Waals surface area contributed by atoms with Gasteiger partial charge in [0.2, 0.25) is 0 Å². The highest BCUT2D eigenvalue weighted by Gasteiger charge is 2.14. The zero-order valence-corrected chi connectivity index (χ0v) is 10.00. The summed E-state index contributed by atoms with van der Waals surface area (Å²) < 4.78 is 4.85. The van der Waals surface area contributed by atoms with Crippen molar-refractivity contribution in [2.24, 2.45) is 0 Å². The Labute approximate surface area is 109 Å². The standard InChI is InChI=1S/C14H12O5/c15-7-8-19-14(18)12-6-2-3-9-10(12)4-1-5-11(9)13(16)17/h1-6,15H,7-8H2,(H,16,17). The fourth-order valence-electron chi connectivity index (χ4n) is 1.89. The number of esters is 1. The van der Waals surface area contributed by atoms with E-state index in [2.05, 4.69) is 0 Å². The molecule has 19 heavy (non-hydrogen) atoms. The van der Waals surface area contributed by atoms with Crippen LogP contribution in [0.3, 0.4) is 0 Å². The molecule has 0 aliphatic rings. The first kappa shape index (κ1) is 13.0. The van der Waals surface area contributed by atoms with Gasteiger partial charge in [0, 0.05) is 0 Å². The summed E-state index contributed by atoms with van der Waals surface area (Å²) in [4.78, 5) is 22.9. The number of carbonyl (C=O) groups is 2. The molecular formula is C14H12O5. The molecule has 0 fully saturated rings. The first-order chi connectivity index (χ1) is 9.15. The average Bonchev–Trinajstić information content (AvgIpc) is 2.43. The molecule has 0 spiro atoms. The number of benzene rings is 2. The van der Waals surface area contributed by atoms with Gasteiger partial charge in [0.05, 0.1) is 17.7 Å². The van der Waals surface area contributed by atoms with E-state index in [9.17, 15) is 9.59 Å². The second-order valence-electron chi connectivity index (χ2n) is 3.87. The minimum Gasteiger partial charge on any atom is -0.478 e. The van der Waals surface area contributed by atoms with Crippen LogP contribution in [0.15, 0.2) is 36.4 Å². The van der Waals surface area contributed by atoms with Crippen molar-refractivity contribution in [3.63, 3.8) is 0 Å². The summed E-state index contributed by atoms with van der Waals surface area (Å²) in [5, 5.41) is 18.7. The third-order valence-electron chi connectivity index (χ3n) is 2.70. The van der Waals surface area contributed by atoms with Gasteiger partial charge in [-0.15, -0.1) is 0 Å². The third-order valence-corrected chi connectivity index (χ3v) is 2.70. The predicted octanol–water partition coefficient (Wildman–Crippen LogP) is 1.69. The van der Waals surface area contributed by atoms with Crippen LogP contribution in [0.5, 0.6) is 0 Å². The van der Waals surface area contributed by atoms with E-state index < -0.39 is 11.9 Å². The number of aromatic carboxylic acids is 1. The van der Waals surface area contributed by atoms with Crippen LogP contribution >= 0.6 is 0 Å². The van der Waals surface area contributed by atoms with Gasteiger partial charge in [-0.2, -0.15) is 0 Å². The summed E-state index contributed by atoms with van der Waals surface area (Å²) in [6.07, 6.45) is 0.